The van der Waals surface area contributed by atoms with E-state index in [0.717, 1.165) is 22.3 Å². The van der Waals surface area contributed by atoms with Crippen molar-refractivity contribution in [3.8, 4) is 11.1 Å². The summed E-state index contributed by atoms with van der Waals surface area (Å²) >= 11 is 0. The Morgan fingerprint density at radius 1 is 1.09 bits per heavy atom. The average Bonchev–Trinajstić information content (AvgIpc) is 3.35. The van der Waals surface area contributed by atoms with Gasteiger partial charge < -0.3 is 19.9 Å². The third kappa shape index (κ3) is 4.62. The summed E-state index contributed by atoms with van der Waals surface area (Å²) in [5.74, 6) is -1.69. The van der Waals surface area contributed by atoms with Crippen molar-refractivity contribution in [2.45, 2.75) is 12.0 Å². The lowest BCUT2D eigenvalue weighted by Crippen LogP contribution is -2.38. The zero-order chi connectivity index (χ0) is 24.2. The first-order chi connectivity index (χ1) is 16.4. The quantitative estimate of drug-likeness (QED) is 0.467. The number of methoxy groups -OCH3 is 1. The highest BCUT2D eigenvalue weighted by Gasteiger charge is 2.29. The molecule has 3 aromatic rings. The summed E-state index contributed by atoms with van der Waals surface area (Å²) < 4.78 is 11.6. The van der Waals surface area contributed by atoms with Crippen LogP contribution >= 0.6 is 0 Å². The zero-order valence-electron chi connectivity index (χ0n) is 18.6. The molecular formula is C24H24N4O6. The summed E-state index contributed by atoms with van der Waals surface area (Å²) in [6.45, 7) is -0.0708. The summed E-state index contributed by atoms with van der Waals surface area (Å²) in [7, 11) is 2.77. The second-order valence-corrected chi connectivity index (χ2v) is 7.76. The van der Waals surface area contributed by atoms with Gasteiger partial charge in [0.2, 0.25) is 0 Å². The number of hydrogen-bond acceptors (Lipinski definition) is 6. The number of aryl methyl sites for hydroxylation is 1. The molecule has 0 fully saturated rings. The van der Waals surface area contributed by atoms with Gasteiger partial charge in [-0.3, -0.25) is 14.8 Å². The Labute approximate surface area is 195 Å². The van der Waals surface area contributed by atoms with Gasteiger partial charge in [-0.2, -0.15) is 5.10 Å². The van der Waals surface area contributed by atoms with Crippen molar-refractivity contribution in [3.63, 3.8) is 0 Å². The van der Waals surface area contributed by atoms with E-state index in [0.29, 0.717) is 0 Å². The maximum atomic E-state index is 12.4. The second kappa shape index (κ2) is 9.75. The van der Waals surface area contributed by atoms with Crippen LogP contribution in [0.25, 0.3) is 11.1 Å². The number of anilines is 1. The predicted molar refractivity (Wildman–Crippen MR) is 123 cm³/mol. The van der Waals surface area contributed by atoms with E-state index in [1.807, 2.05) is 36.4 Å². The van der Waals surface area contributed by atoms with Gasteiger partial charge in [-0.15, -0.1) is 0 Å². The minimum absolute atomic E-state index is 0.0776. The number of nitrogens with zero attached hydrogens (tertiary/aromatic N) is 2. The first kappa shape index (κ1) is 23.0. The van der Waals surface area contributed by atoms with E-state index in [1.54, 1.807) is 0 Å². The molecule has 2 aromatic carbocycles. The molecule has 3 N–H and O–H groups in total. The van der Waals surface area contributed by atoms with Gasteiger partial charge >= 0.3 is 12.1 Å². The van der Waals surface area contributed by atoms with Gasteiger partial charge in [0.05, 0.1) is 6.54 Å². The van der Waals surface area contributed by atoms with Gasteiger partial charge in [-0.1, -0.05) is 48.5 Å². The van der Waals surface area contributed by atoms with Crippen LogP contribution in [-0.2, 0) is 21.3 Å². The number of fused-ring (bicyclic) bond motifs is 3. The van der Waals surface area contributed by atoms with Crippen LogP contribution in [-0.4, -0.2) is 59.2 Å². The predicted octanol–water partition coefficient (Wildman–Crippen LogP) is 2.61. The minimum atomic E-state index is -1.19. The molecule has 0 spiro atoms. The van der Waals surface area contributed by atoms with Crippen molar-refractivity contribution in [1.82, 2.24) is 15.1 Å². The summed E-state index contributed by atoms with van der Waals surface area (Å²) in [5, 5.41) is 18.1. The molecule has 4 rings (SSSR count). The summed E-state index contributed by atoms with van der Waals surface area (Å²) in [4.78, 5) is 35.8. The van der Waals surface area contributed by atoms with E-state index in [4.69, 9.17) is 14.6 Å². The molecule has 34 heavy (non-hydrogen) atoms. The van der Waals surface area contributed by atoms with Crippen LogP contribution in [0.5, 0.6) is 0 Å². The van der Waals surface area contributed by atoms with Crippen molar-refractivity contribution in [3.05, 3.63) is 71.4 Å². The molecule has 0 aliphatic heterocycles. The third-order valence-electron chi connectivity index (χ3n) is 5.69. The number of rotatable bonds is 8. The highest BCUT2D eigenvalue weighted by Crippen LogP contribution is 2.44. The van der Waals surface area contributed by atoms with Crippen molar-refractivity contribution >= 4 is 23.8 Å². The molecule has 1 atom stereocenters. The molecule has 176 valence electrons. The number of nitrogens with one attached hydrogen (secondary N) is 2. The fraction of sp³-hybridized carbons (Fsp3) is 0.250. The van der Waals surface area contributed by atoms with Crippen LogP contribution < -0.4 is 10.6 Å². The number of aromatic nitrogens is 2. The van der Waals surface area contributed by atoms with Gasteiger partial charge in [0.15, 0.2) is 11.9 Å². The number of carbonyl (C=O) groups is 3. The summed E-state index contributed by atoms with van der Waals surface area (Å²) in [6, 6.07) is 17.4. The van der Waals surface area contributed by atoms with E-state index < -0.39 is 24.1 Å². The van der Waals surface area contributed by atoms with Crippen LogP contribution in [0.4, 0.5) is 10.6 Å². The molecule has 1 unspecified atom stereocenters. The van der Waals surface area contributed by atoms with Gasteiger partial charge in [0, 0.05) is 26.1 Å². The van der Waals surface area contributed by atoms with Gasteiger partial charge in [-0.25, -0.2) is 9.59 Å². The Balaban J connectivity index is 1.37. The number of carbonyl (C=O) groups excluding carboxylic acids is 2. The van der Waals surface area contributed by atoms with E-state index in [2.05, 4.69) is 27.9 Å². The Kier molecular flexibility index (Phi) is 6.60. The molecule has 0 bridgehead atoms. The topological polar surface area (TPSA) is 132 Å². The number of carboxylic acid groups (broad SMARTS) is 1. The van der Waals surface area contributed by atoms with E-state index in [9.17, 15) is 14.4 Å². The third-order valence-corrected chi connectivity index (χ3v) is 5.69. The molecule has 1 aromatic heterocycles. The molecule has 0 saturated carbocycles. The molecule has 0 saturated heterocycles. The van der Waals surface area contributed by atoms with Crippen LogP contribution in [0, 0.1) is 0 Å². The molecule has 1 heterocycles. The lowest BCUT2D eigenvalue weighted by atomic mass is 9.98. The van der Waals surface area contributed by atoms with Crippen molar-refractivity contribution in [2.75, 3.05) is 25.6 Å². The number of benzene rings is 2. The normalized spacial score (nSPS) is 13.0. The average molecular weight is 464 g/mol. The lowest BCUT2D eigenvalue weighted by Gasteiger charge is -2.14. The number of ether oxygens (including phenoxy) is 2. The number of amides is 2. The molecule has 0 radical (unpaired) electrons. The molecule has 10 nitrogen and oxygen atoms in total. The van der Waals surface area contributed by atoms with Gasteiger partial charge in [-0.05, 0) is 22.3 Å². The Bertz CT molecular complexity index is 1190. The fourth-order valence-corrected chi connectivity index (χ4v) is 4.03. The van der Waals surface area contributed by atoms with Crippen molar-refractivity contribution in [1.29, 1.82) is 0 Å². The number of aliphatic carboxylic acids is 1. The fourth-order valence-electron chi connectivity index (χ4n) is 4.03. The van der Waals surface area contributed by atoms with Crippen LogP contribution in [0.2, 0.25) is 0 Å². The Morgan fingerprint density at radius 2 is 1.71 bits per heavy atom. The standard InChI is InChI=1S/C24H24N4O6/c1-28-19(22(29)25-12-20(33-2)23(30)31)11-21(27-28)26-24(32)34-13-18-16-9-5-3-7-14(16)15-8-4-6-10-17(15)18/h3-11,18,20H,12-13H2,1-2H3,(H,25,29)(H,30,31)(H,26,27,32). The van der Waals surface area contributed by atoms with E-state index in [1.165, 1.54) is 24.9 Å². The monoisotopic (exact) mass is 464 g/mol. The first-order valence-corrected chi connectivity index (χ1v) is 10.6. The highest BCUT2D eigenvalue weighted by molar-refractivity contribution is 5.94. The largest absolute Gasteiger partial charge is 0.479 e. The Hall–Kier alpha value is -4.18. The summed E-state index contributed by atoms with van der Waals surface area (Å²) in [5.41, 5.74) is 4.60. The van der Waals surface area contributed by atoms with Crippen LogP contribution in [0.1, 0.15) is 27.5 Å². The van der Waals surface area contributed by atoms with Crippen LogP contribution in [0.15, 0.2) is 54.6 Å². The molecular weight excluding hydrogens is 440 g/mol. The maximum absolute atomic E-state index is 12.4. The van der Waals surface area contributed by atoms with E-state index in [-0.39, 0.29) is 30.6 Å². The first-order valence-electron chi connectivity index (χ1n) is 10.6. The second-order valence-electron chi connectivity index (χ2n) is 7.76. The SMILES string of the molecule is COC(CNC(=O)c1cc(NC(=O)OCC2c3ccccc3-c3ccccc32)nn1C)C(=O)O. The van der Waals surface area contributed by atoms with Gasteiger partial charge in [0.1, 0.15) is 12.3 Å². The van der Waals surface area contributed by atoms with Crippen molar-refractivity contribution < 1.29 is 29.0 Å². The summed E-state index contributed by atoms with van der Waals surface area (Å²) in [6.07, 6.45) is -1.87. The van der Waals surface area contributed by atoms with E-state index >= 15 is 0 Å². The smallest absolute Gasteiger partial charge is 0.412 e. The molecule has 10 heteroatoms. The zero-order valence-corrected chi connectivity index (χ0v) is 18.6. The van der Waals surface area contributed by atoms with Crippen molar-refractivity contribution in [2.24, 2.45) is 7.05 Å². The Morgan fingerprint density at radius 3 is 2.29 bits per heavy atom. The molecule has 1 aliphatic rings. The lowest BCUT2D eigenvalue weighted by molar-refractivity contribution is -0.148. The number of carboxylic acids is 1. The molecule has 2 amide bonds. The number of hydrogen-bond donors (Lipinski definition) is 3. The molecule has 1 aliphatic carbocycles. The van der Waals surface area contributed by atoms with Gasteiger partial charge in [0.25, 0.3) is 5.91 Å². The minimum Gasteiger partial charge on any atom is -0.479 e. The van der Waals surface area contributed by atoms with Crippen LogP contribution in [0.3, 0.4) is 0 Å². The maximum Gasteiger partial charge on any atom is 0.412 e. The highest BCUT2D eigenvalue weighted by atomic mass is 16.5.